The van der Waals surface area contributed by atoms with Crippen molar-refractivity contribution < 1.29 is 13.9 Å². The van der Waals surface area contributed by atoms with Crippen LogP contribution in [0.3, 0.4) is 0 Å². The van der Waals surface area contributed by atoms with Crippen LogP contribution < -0.4 is 15.8 Å². The average Bonchev–Trinajstić information content (AvgIpc) is 2.79. The van der Waals surface area contributed by atoms with Gasteiger partial charge in [-0.05, 0) is 12.1 Å². The van der Waals surface area contributed by atoms with Crippen molar-refractivity contribution in [3.63, 3.8) is 0 Å². The van der Waals surface area contributed by atoms with E-state index in [1.807, 2.05) is 0 Å². The monoisotopic (exact) mass is 250 g/mol. The van der Waals surface area contributed by atoms with Gasteiger partial charge in [-0.25, -0.2) is 4.39 Å². The molecule has 0 aliphatic heterocycles. The van der Waals surface area contributed by atoms with E-state index in [0.29, 0.717) is 5.75 Å². The van der Waals surface area contributed by atoms with Gasteiger partial charge in [0.25, 0.3) is 5.91 Å². The predicted octanol–water partition coefficient (Wildman–Crippen LogP) is 1.39. The van der Waals surface area contributed by atoms with Crippen molar-refractivity contribution in [1.29, 1.82) is 0 Å². The van der Waals surface area contributed by atoms with Gasteiger partial charge in [-0.1, -0.05) is 0 Å². The summed E-state index contributed by atoms with van der Waals surface area (Å²) in [6.45, 7) is 0. The Kier molecular flexibility index (Phi) is 3.13. The Labute approximate surface area is 102 Å². The van der Waals surface area contributed by atoms with E-state index < -0.39 is 11.7 Å². The zero-order chi connectivity index (χ0) is 13.1. The van der Waals surface area contributed by atoms with Crippen LogP contribution in [0.25, 0.3) is 0 Å². The molecule has 7 heteroatoms. The molecule has 1 aromatic carbocycles. The molecule has 18 heavy (non-hydrogen) atoms. The molecule has 1 amide bonds. The fourth-order valence-corrected chi connectivity index (χ4v) is 1.37. The highest BCUT2D eigenvalue weighted by Gasteiger charge is 2.12. The van der Waals surface area contributed by atoms with E-state index in [1.54, 1.807) is 0 Å². The smallest absolute Gasteiger partial charge is 0.273 e. The molecule has 6 nitrogen and oxygen atoms in total. The number of carbonyl (C=O) groups is 1. The molecule has 2 aromatic rings. The predicted molar refractivity (Wildman–Crippen MR) is 63.9 cm³/mol. The van der Waals surface area contributed by atoms with Crippen molar-refractivity contribution >= 4 is 17.4 Å². The lowest BCUT2D eigenvalue weighted by Crippen LogP contribution is -2.13. The Morgan fingerprint density at radius 1 is 1.50 bits per heavy atom. The summed E-state index contributed by atoms with van der Waals surface area (Å²) in [4.78, 5) is 11.7. The van der Waals surface area contributed by atoms with Crippen LogP contribution in [0.4, 0.5) is 15.9 Å². The number of nitrogen functional groups attached to an aromatic ring is 1. The number of aromatic amines is 1. The summed E-state index contributed by atoms with van der Waals surface area (Å²) in [5.74, 6) is -0.468. The molecule has 94 valence electrons. The molecule has 0 bridgehead atoms. The van der Waals surface area contributed by atoms with E-state index in [9.17, 15) is 9.18 Å². The Balaban J connectivity index is 2.21. The number of carbonyl (C=O) groups excluding carboxylic acids is 1. The third-order valence-electron chi connectivity index (χ3n) is 2.26. The summed E-state index contributed by atoms with van der Waals surface area (Å²) in [6, 6.07) is 5.40. The van der Waals surface area contributed by atoms with Crippen LogP contribution in [-0.4, -0.2) is 23.2 Å². The second kappa shape index (κ2) is 4.74. The van der Waals surface area contributed by atoms with Crippen molar-refractivity contribution in [2.75, 3.05) is 18.2 Å². The first-order valence-electron chi connectivity index (χ1n) is 5.06. The number of nitrogens with two attached hydrogens (primary N) is 1. The van der Waals surface area contributed by atoms with Crippen LogP contribution in [0.2, 0.25) is 0 Å². The van der Waals surface area contributed by atoms with Gasteiger partial charge >= 0.3 is 0 Å². The first-order valence-corrected chi connectivity index (χ1v) is 5.06. The van der Waals surface area contributed by atoms with E-state index in [1.165, 1.54) is 31.4 Å². The van der Waals surface area contributed by atoms with Gasteiger partial charge in [0.15, 0.2) is 0 Å². The van der Waals surface area contributed by atoms with Crippen LogP contribution in [-0.2, 0) is 0 Å². The van der Waals surface area contributed by atoms with Crippen LogP contribution in [0.5, 0.6) is 5.75 Å². The topological polar surface area (TPSA) is 93.0 Å². The largest absolute Gasteiger partial charge is 0.497 e. The van der Waals surface area contributed by atoms with Gasteiger partial charge in [-0.15, -0.1) is 0 Å². The molecular weight excluding hydrogens is 239 g/mol. The molecule has 0 radical (unpaired) electrons. The van der Waals surface area contributed by atoms with Crippen LogP contribution in [0.15, 0.2) is 24.3 Å². The summed E-state index contributed by atoms with van der Waals surface area (Å²) < 4.78 is 18.4. The van der Waals surface area contributed by atoms with Crippen molar-refractivity contribution in [1.82, 2.24) is 10.2 Å². The average molecular weight is 250 g/mol. The van der Waals surface area contributed by atoms with Crippen molar-refractivity contribution in [3.05, 3.63) is 35.8 Å². The van der Waals surface area contributed by atoms with Crippen LogP contribution in [0, 0.1) is 5.82 Å². The molecule has 0 atom stereocenters. The molecule has 4 N–H and O–H groups in total. The minimum atomic E-state index is -0.559. The zero-order valence-corrected chi connectivity index (χ0v) is 9.53. The second-order valence-electron chi connectivity index (χ2n) is 3.51. The number of ether oxygens (including phenoxy) is 1. The van der Waals surface area contributed by atoms with Gasteiger partial charge in [0.2, 0.25) is 0 Å². The normalized spacial score (nSPS) is 10.1. The highest BCUT2D eigenvalue weighted by atomic mass is 19.1. The lowest BCUT2D eigenvalue weighted by Gasteiger charge is -2.07. The summed E-state index contributed by atoms with van der Waals surface area (Å²) in [5, 5.41) is 8.44. The highest BCUT2D eigenvalue weighted by Crippen LogP contribution is 2.21. The van der Waals surface area contributed by atoms with E-state index in [2.05, 4.69) is 15.5 Å². The fourth-order valence-electron chi connectivity index (χ4n) is 1.37. The highest BCUT2D eigenvalue weighted by molar-refractivity contribution is 6.03. The summed E-state index contributed by atoms with van der Waals surface area (Å²) in [6.07, 6.45) is 0. The first-order chi connectivity index (χ1) is 8.60. The lowest BCUT2D eigenvalue weighted by molar-refractivity contribution is 0.102. The second-order valence-corrected chi connectivity index (χ2v) is 3.51. The number of benzene rings is 1. The van der Waals surface area contributed by atoms with Crippen molar-refractivity contribution in [2.24, 2.45) is 0 Å². The van der Waals surface area contributed by atoms with E-state index in [0.717, 1.165) is 0 Å². The molecule has 0 unspecified atom stereocenters. The van der Waals surface area contributed by atoms with Gasteiger partial charge < -0.3 is 15.8 Å². The summed E-state index contributed by atoms with van der Waals surface area (Å²) in [7, 11) is 1.45. The van der Waals surface area contributed by atoms with Crippen molar-refractivity contribution in [3.8, 4) is 5.75 Å². The first kappa shape index (κ1) is 11.9. The molecule has 0 fully saturated rings. The molecule has 0 saturated heterocycles. The third kappa shape index (κ3) is 2.40. The number of amides is 1. The molecular formula is C11H11FN4O2. The maximum Gasteiger partial charge on any atom is 0.273 e. The third-order valence-corrected chi connectivity index (χ3v) is 2.26. The van der Waals surface area contributed by atoms with E-state index in [-0.39, 0.29) is 17.2 Å². The van der Waals surface area contributed by atoms with E-state index >= 15 is 0 Å². The minimum absolute atomic E-state index is 0.0209. The van der Waals surface area contributed by atoms with Crippen LogP contribution in [0.1, 0.15) is 10.5 Å². The summed E-state index contributed by atoms with van der Waals surface area (Å²) >= 11 is 0. The van der Waals surface area contributed by atoms with Gasteiger partial charge in [0, 0.05) is 12.1 Å². The molecule has 2 rings (SSSR count). The Bertz CT molecular complexity index is 582. The molecule has 0 aliphatic rings. The van der Waals surface area contributed by atoms with E-state index in [4.69, 9.17) is 10.5 Å². The molecule has 0 aliphatic carbocycles. The van der Waals surface area contributed by atoms with Gasteiger partial charge in [0.05, 0.1) is 12.8 Å². The van der Waals surface area contributed by atoms with Gasteiger partial charge in [-0.3, -0.25) is 9.89 Å². The number of hydrogen-bond donors (Lipinski definition) is 3. The number of halogens is 1. The molecule has 1 heterocycles. The van der Waals surface area contributed by atoms with Crippen LogP contribution >= 0.6 is 0 Å². The maximum absolute atomic E-state index is 13.5. The number of rotatable bonds is 3. The maximum atomic E-state index is 13.5. The number of methoxy groups -OCH3 is 1. The SMILES string of the molecule is COc1ccc(F)c(NC(=O)c2cc(N)n[nH]2)c1. The fraction of sp³-hybridized carbons (Fsp3) is 0.0909. The molecule has 1 aromatic heterocycles. The number of hydrogen-bond acceptors (Lipinski definition) is 4. The Hall–Kier alpha value is -2.57. The van der Waals surface area contributed by atoms with Gasteiger partial charge in [-0.2, -0.15) is 5.10 Å². The van der Waals surface area contributed by atoms with Crippen molar-refractivity contribution in [2.45, 2.75) is 0 Å². The quantitative estimate of drug-likeness (QED) is 0.767. The lowest BCUT2D eigenvalue weighted by atomic mass is 10.2. The number of nitrogens with one attached hydrogen (secondary N) is 2. The number of aromatic nitrogens is 2. The number of nitrogens with zero attached hydrogens (tertiary/aromatic N) is 1. The Morgan fingerprint density at radius 3 is 2.89 bits per heavy atom. The number of anilines is 2. The Morgan fingerprint density at radius 2 is 2.28 bits per heavy atom. The minimum Gasteiger partial charge on any atom is -0.497 e. The summed E-state index contributed by atoms with van der Waals surface area (Å²) in [5.41, 5.74) is 5.54. The molecule has 0 saturated carbocycles. The molecule has 0 spiro atoms. The standard InChI is InChI=1S/C11H11FN4O2/c1-18-6-2-3-7(12)8(4-6)14-11(17)9-5-10(13)16-15-9/h2-5H,1H3,(H,14,17)(H3,13,15,16). The van der Waals surface area contributed by atoms with Gasteiger partial charge in [0.1, 0.15) is 23.1 Å². The zero-order valence-electron chi connectivity index (χ0n) is 9.53. The number of H-pyrrole nitrogens is 1.